The highest BCUT2D eigenvalue weighted by Gasteiger charge is 2.26. The summed E-state index contributed by atoms with van der Waals surface area (Å²) >= 11 is 0. The molecule has 0 aromatic heterocycles. The number of carbonyl (C=O) groups excluding carboxylic acids is 1. The van der Waals surface area contributed by atoms with E-state index >= 15 is 0 Å². The standard InChI is InChI=1S/C26H34N2O/c29-26(28-17-13-25(14-18-28)20-23-9-5-2-6-10-23)21-27-15-11-24(12-16-27)19-22-7-3-1-4-8-22/h1-10,24-25H,11-21H2. The molecule has 0 saturated carbocycles. The molecule has 154 valence electrons. The van der Waals surface area contributed by atoms with Gasteiger partial charge in [-0.2, -0.15) is 0 Å². The van der Waals surface area contributed by atoms with Gasteiger partial charge in [0.2, 0.25) is 5.91 Å². The highest BCUT2D eigenvalue weighted by atomic mass is 16.2. The van der Waals surface area contributed by atoms with E-state index in [1.807, 2.05) is 0 Å². The normalized spacial score (nSPS) is 19.4. The third kappa shape index (κ3) is 5.93. The summed E-state index contributed by atoms with van der Waals surface area (Å²) in [6.45, 7) is 4.60. The second-order valence-corrected chi connectivity index (χ2v) is 8.92. The van der Waals surface area contributed by atoms with E-state index in [-0.39, 0.29) is 0 Å². The number of benzene rings is 2. The van der Waals surface area contributed by atoms with Crippen molar-refractivity contribution in [3.8, 4) is 0 Å². The summed E-state index contributed by atoms with van der Waals surface area (Å²) in [6, 6.07) is 21.6. The molecule has 1 amide bonds. The molecule has 2 heterocycles. The quantitative estimate of drug-likeness (QED) is 0.729. The molecule has 0 unspecified atom stereocenters. The van der Waals surface area contributed by atoms with Crippen molar-refractivity contribution in [3.05, 3.63) is 71.8 Å². The van der Waals surface area contributed by atoms with Gasteiger partial charge in [0.1, 0.15) is 0 Å². The number of amides is 1. The molecule has 3 heteroatoms. The molecule has 2 aliphatic rings. The lowest BCUT2D eigenvalue weighted by Crippen LogP contribution is -2.46. The molecule has 0 bridgehead atoms. The zero-order valence-corrected chi connectivity index (χ0v) is 17.5. The summed E-state index contributed by atoms with van der Waals surface area (Å²) in [4.78, 5) is 17.3. The van der Waals surface area contributed by atoms with Crippen LogP contribution in [0.25, 0.3) is 0 Å². The first kappa shape index (κ1) is 20.2. The number of carbonyl (C=O) groups is 1. The molecule has 0 atom stereocenters. The van der Waals surface area contributed by atoms with E-state index < -0.39 is 0 Å². The van der Waals surface area contributed by atoms with Gasteiger partial charge in [0, 0.05) is 13.1 Å². The van der Waals surface area contributed by atoms with Gasteiger partial charge in [-0.15, -0.1) is 0 Å². The highest BCUT2D eigenvalue weighted by molar-refractivity contribution is 5.78. The van der Waals surface area contributed by atoms with Crippen LogP contribution in [0.5, 0.6) is 0 Å². The summed E-state index contributed by atoms with van der Waals surface area (Å²) in [7, 11) is 0. The smallest absolute Gasteiger partial charge is 0.236 e. The minimum atomic E-state index is 0.338. The molecule has 0 radical (unpaired) electrons. The largest absolute Gasteiger partial charge is 0.342 e. The number of hydrogen-bond donors (Lipinski definition) is 0. The fourth-order valence-corrected chi connectivity index (χ4v) is 4.92. The van der Waals surface area contributed by atoms with Crippen molar-refractivity contribution in [3.63, 3.8) is 0 Å². The van der Waals surface area contributed by atoms with Crippen molar-refractivity contribution < 1.29 is 4.79 Å². The van der Waals surface area contributed by atoms with Crippen molar-refractivity contribution in [2.24, 2.45) is 11.8 Å². The maximum Gasteiger partial charge on any atom is 0.236 e. The Hall–Kier alpha value is -2.13. The molecule has 0 aliphatic carbocycles. The minimum Gasteiger partial charge on any atom is -0.342 e. The van der Waals surface area contributed by atoms with Gasteiger partial charge in [0.05, 0.1) is 6.54 Å². The topological polar surface area (TPSA) is 23.6 Å². The van der Waals surface area contributed by atoms with Crippen LogP contribution >= 0.6 is 0 Å². The summed E-state index contributed by atoms with van der Waals surface area (Å²) in [6.07, 6.45) is 7.03. The Labute approximate surface area is 175 Å². The molecule has 3 nitrogen and oxygen atoms in total. The Balaban J connectivity index is 1.16. The highest BCUT2D eigenvalue weighted by Crippen LogP contribution is 2.24. The lowest BCUT2D eigenvalue weighted by molar-refractivity contribution is -0.134. The zero-order chi connectivity index (χ0) is 19.9. The first-order valence-electron chi connectivity index (χ1n) is 11.3. The average Bonchev–Trinajstić information content (AvgIpc) is 2.77. The van der Waals surface area contributed by atoms with Crippen LogP contribution in [0.2, 0.25) is 0 Å². The fourth-order valence-electron chi connectivity index (χ4n) is 4.92. The van der Waals surface area contributed by atoms with Gasteiger partial charge in [-0.25, -0.2) is 0 Å². The molecule has 0 spiro atoms. The van der Waals surface area contributed by atoms with E-state index in [0.29, 0.717) is 12.5 Å². The Morgan fingerprint density at radius 1 is 0.690 bits per heavy atom. The second-order valence-electron chi connectivity index (χ2n) is 8.92. The summed E-state index contributed by atoms with van der Waals surface area (Å²) in [5.74, 6) is 1.82. The first-order chi connectivity index (χ1) is 14.3. The van der Waals surface area contributed by atoms with Gasteiger partial charge >= 0.3 is 0 Å². The van der Waals surface area contributed by atoms with Crippen molar-refractivity contribution in [2.75, 3.05) is 32.7 Å². The molecule has 2 saturated heterocycles. The van der Waals surface area contributed by atoms with Gasteiger partial charge in [-0.05, 0) is 74.6 Å². The molecule has 29 heavy (non-hydrogen) atoms. The minimum absolute atomic E-state index is 0.338. The Morgan fingerprint density at radius 3 is 1.62 bits per heavy atom. The predicted molar refractivity (Wildman–Crippen MR) is 119 cm³/mol. The van der Waals surface area contributed by atoms with Crippen molar-refractivity contribution in [1.82, 2.24) is 9.80 Å². The lowest BCUT2D eigenvalue weighted by Gasteiger charge is -2.36. The fraction of sp³-hybridized carbons (Fsp3) is 0.500. The average molecular weight is 391 g/mol. The van der Waals surface area contributed by atoms with Crippen LogP contribution in [0.1, 0.15) is 36.8 Å². The molecule has 2 fully saturated rings. The van der Waals surface area contributed by atoms with E-state index in [1.54, 1.807) is 0 Å². The maximum atomic E-state index is 12.8. The Morgan fingerprint density at radius 2 is 1.14 bits per heavy atom. The Kier molecular flexibility index (Phi) is 7.00. The van der Waals surface area contributed by atoms with Crippen molar-refractivity contribution in [1.29, 1.82) is 0 Å². The summed E-state index contributed by atoms with van der Waals surface area (Å²) < 4.78 is 0. The third-order valence-corrected chi connectivity index (χ3v) is 6.77. The van der Waals surface area contributed by atoms with Crippen molar-refractivity contribution >= 4 is 5.91 Å². The number of rotatable bonds is 6. The SMILES string of the molecule is O=C(CN1CCC(Cc2ccccc2)CC1)N1CCC(Cc2ccccc2)CC1. The molecular formula is C26H34N2O. The Bertz CT molecular complexity index is 745. The third-order valence-electron chi connectivity index (χ3n) is 6.77. The van der Waals surface area contributed by atoms with E-state index in [4.69, 9.17) is 0 Å². The molecule has 0 N–H and O–H groups in total. The van der Waals surface area contributed by atoms with Crippen LogP contribution in [0.15, 0.2) is 60.7 Å². The predicted octanol–water partition coefficient (Wildman–Crippen LogP) is 4.42. The number of piperidine rings is 2. The maximum absolute atomic E-state index is 12.8. The lowest BCUT2D eigenvalue weighted by atomic mass is 9.89. The number of hydrogen-bond acceptors (Lipinski definition) is 2. The van der Waals surface area contributed by atoms with Crippen LogP contribution in [-0.4, -0.2) is 48.4 Å². The summed E-state index contributed by atoms with van der Waals surface area (Å²) in [5.41, 5.74) is 2.87. The molecule has 2 aromatic carbocycles. The van der Waals surface area contributed by atoms with Crippen LogP contribution < -0.4 is 0 Å². The van der Waals surface area contributed by atoms with Crippen LogP contribution in [0, 0.1) is 11.8 Å². The van der Waals surface area contributed by atoms with E-state index in [0.717, 1.165) is 57.3 Å². The van der Waals surface area contributed by atoms with Gasteiger partial charge in [-0.3, -0.25) is 9.69 Å². The summed E-state index contributed by atoms with van der Waals surface area (Å²) in [5, 5.41) is 0. The zero-order valence-electron chi connectivity index (χ0n) is 17.5. The number of nitrogens with zero attached hydrogens (tertiary/aromatic N) is 2. The first-order valence-corrected chi connectivity index (χ1v) is 11.3. The van der Waals surface area contributed by atoms with Gasteiger partial charge in [0.15, 0.2) is 0 Å². The molecule has 2 aromatic rings. The van der Waals surface area contributed by atoms with Gasteiger partial charge < -0.3 is 4.90 Å². The molecule has 4 rings (SSSR count). The van der Waals surface area contributed by atoms with E-state index in [9.17, 15) is 4.79 Å². The monoisotopic (exact) mass is 390 g/mol. The van der Waals surface area contributed by atoms with Crippen molar-refractivity contribution in [2.45, 2.75) is 38.5 Å². The van der Waals surface area contributed by atoms with Crippen LogP contribution in [0.3, 0.4) is 0 Å². The van der Waals surface area contributed by atoms with Gasteiger partial charge in [0.25, 0.3) is 0 Å². The van der Waals surface area contributed by atoms with Gasteiger partial charge in [-0.1, -0.05) is 60.7 Å². The van der Waals surface area contributed by atoms with Crippen LogP contribution in [-0.2, 0) is 17.6 Å². The molecular weight excluding hydrogens is 356 g/mol. The van der Waals surface area contributed by atoms with Crippen LogP contribution in [0.4, 0.5) is 0 Å². The van der Waals surface area contributed by atoms with E-state index in [1.165, 1.54) is 30.4 Å². The van der Waals surface area contributed by atoms with E-state index in [2.05, 4.69) is 70.5 Å². The number of likely N-dealkylation sites (tertiary alicyclic amines) is 2. The molecule has 2 aliphatic heterocycles. The second kappa shape index (κ2) is 10.1.